The van der Waals surface area contributed by atoms with Gasteiger partial charge in [-0.25, -0.2) is 0 Å². The molecule has 0 bridgehead atoms. The predicted octanol–water partition coefficient (Wildman–Crippen LogP) is 3.67. The van der Waals surface area contributed by atoms with Gasteiger partial charge in [-0.2, -0.15) is 0 Å². The highest BCUT2D eigenvalue weighted by Gasteiger charge is 2.68. The fourth-order valence-electron chi connectivity index (χ4n) is 5.95. The van der Waals surface area contributed by atoms with Crippen LogP contribution in [0.3, 0.4) is 0 Å². The van der Waals surface area contributed by atoms with Crippen molar-refractivity contribution in [1.29, 1.82) is 0 Å². The van der Waals surface area contributed by atoms with Crippen molar-refractivity contribution in [3.05, 3.63) is 0 Å². The first-order chi connectivity index (χ1) is 7.39. The van der Waals surface area contributed by atoms with Gasteiger partial charge in [0.15, 0.2) is 0 Å². The summed E-state index contributed by atoms with van der Waals surface area (Å²) in [6, 6.07) is 0. The molecule has 5 atom stereocenters. The minimum Gasteiger partial charge on any atom is -0.299 e. The van der Waals surface area contributed by atoms with E-state index in [4.69, 9.17) is 0 Å². The monoisotopic (exact) mass is 220 g/mol. The van der Waals surface area contributed by atoms with E-state index in [1.165, 1.54) is 19.3 Å². The molecule has 0 aromatic rings. The van der Waals surface area contributed by atoms with Crippen LogP contribution in [0.5, 0.6) is 0 Å². The summed E-state index contributed by atoms with van der Waals surface area (Å²) in [5.41, 5.74) is 0.797. The van der Waals surface area contributed by atoms with Crippen LogP contribution in [0, 0.1) is 34.5 Å². The summed E-state index contributed by atoms with van der Waals surface area (Å²) in [5.74, 6) is 3.15. The highest BCUT2D eigenvalue weighted by molar-refractivity contribution is 5.85. The van der Waals surface area contributed by atoms with Crippen LogP contribution in [0.4, 0.5) is 0 Å². The van der Waals surface area contributed by atoms with E-state index in [9.17, 15) is 4.79 Å². The molecule has 0 heterocycles. The zero-order valence-corrected chi connectivity index (χ0v) is 11.0. The Labute approximate surface area is 99.0 Å². The van der Waals surface area contributed by atoms with E-state index in [1.807, 2.05) is 0 Å². The van der Waals surface area contributed by atoms with Crippen molar-refractivity contribution in [1.82, 2.24) is 0 Å². The number of rotatable bonds is 0. The zero-order chi connectivity index (χ0) is 11.7. The quantitative estimate of drug-likeness (QED) is 0.608. The molecule has 0 aromatic heterocycles. The van der Waals surface area contributed by atoms with E-state index in [0.717, 1.165) is 18.3 Å². The van der Waals surface area contributed by atoms with Crippen molar-refractivity contribution < 1.29 is 4.79 Å². The molecule has 0 radical (unpaired) electrons. The number of carbonyl (C=O) groups excluding carboxylic acids is 1. The number of hydrogen-bond donors (Lipinski definition) is 0. The molecule has 0 aromatic carbocycles. The lowest BCUT2D eigenvalue weighted by atomic mass is 9.65. The van der Waals surface area contributed by atoms with E-state index in [-0.39, 0.29) is 0 Å². The molecule has 3 saturated carbocycles. The smallest absolute Gasteiger partial charge is 0.136 e. The molecule has 3 rings (SSSR count). The van der Waals surface area contributed by atoms with Crippen molar-refractivity contribution in [2.24, 2.45) is 34.5 Å². The van der Waals surface area contributed by atoms with E-state index in [1.54, 1.807) is 0 Å². The summed E-state index contributed by atoms with van der Waals surface area (Å²) < 4.78 is 0. The van der Waals surface area contributed by atoms with Crippen LogP contribution in [-0.2, 0) is 4.79 Å². The van der Waals surface area contributed by atoms with Gasteiger partial charge in [-0.05, 0) is 47.8 Å². The van der Waals surface area contributed by atoms with E-state index in [2.05, 4.69) is 27.7 Å². The minimum absolute atomic E-state index is 0.320. The predicted molar refractivity (Wildman–Crippen MR) is 65.0 cm³/mol. The Morgan fingerprint density at radius 1 is 1.19 bits per heavy atom. The largest absolute Gasteiger partial charge is 0.299 e. The molecule has 90 valence electrons. The molecule has 3 aliphatic rings. The maximum absolute atomic E-state index is 12.2. The average Bonchev–Trinajstić information content (AvgIpc) is 2.68. The Kier molecular flexibility index (Phi) is 1.97. The first-order valence-electron chi connectivity index (χ1n) is 6.92. The first kappa shape index (κ1) is 10.8. The van der Waals surface area contributed by atoms with Gasteiger partial charge in [0.1, 0.15) is 5.78 Å². The first-order valence-corrected chi connectivity index (χ1v) is 6.92. The Bertz CT molecular complexity index is 343. The summed E-state index contributed by atoms with van der Waals surface area (Å²) in [6.07, 6.45) is 4.99. The molecule has 0 saturated heterocycles. The van der Waals surface area contributed by atoms with Gasteiger partial charge in [-0.15, -0.1) is 0 Å². The fourth-order valence-corrected chi connectivity index (χ4v) is 5.95. The summed E-state index contributed by atoms with van der Waals surface area (Å²) in [6.45, 7) is 9.40. The van der Waals surface area contributed by atoms with Gasteiger partial charge in [0.25, 0.3) is 0 Å². The molecule has 1 nitrogen and oxygen atoms in total. The van der Waals surface area contributed by atoms with Crippen molar-refractivity contribution in [3.8, 4) is 0 Å². The van der Waals surface area contributed by atoms with E-state index >= 15 is 0 Å². The van der Waals surface area contributed by atoms with E-state index in [0.29, 0.717) is 28.4 Å². The van der Waals surface area contributed by atoms with Gasteiger partial charge in [0.2, 0.25) is 0 Å². The molecule has 3 fully saturated rings. The fraction of sp³-hybridized carbons (Fsp3) is 0.933. The molecule has 1 heteroatoms. The molecule has 0 unspecified atom stereocenters. The standard InChI is InChI=1S/C15H24O/c1-9-5-6-11-7-14(3,4)13-10(2)12(16)8-15(9,11)13/h9-11,13H,5-8H2,1-4H3/t9-,10+,11-,13-,15-/m0/s1. The van der Waals surface area contributed by atoms with Crippen molar-refractivity contribution in [3.63, 3.8) is 0 Å². The zero-order valence-electron chi connectivity index (χ0n) is 11.0. The second-order valence-electron chi connectivity index (χ2n) is 7.39. The van der Waals surface area contributed by atoms with Gasteiger partial charge in [-0.3, -0.25) is 4.79 Å². The third-order valence-corrected chi connectivity index (χ3v) is 6.31. The third-order valence-electron chi connectivity index (χ3n) is 6.31. The van der Waals surface area contributed by atoms with Gasteiger partial charge in [0.05, 0.1) is 0 Å². The Balaban J connectivity index is 2.11. The third kappa shape index (κ3) is 1.01. The van der Waals surface area contributed by atoms with Crippen LogP contribution in [0.2, 0.25) is 0 Å². The normalized spacial score (nSPS) is 54.1. The van der Waals surface area contributed by atoms with Crippen molar-refractivity contribution >= 4 is 5.78 Å². The molecule has 0 aliphatic heterocycles. The number of ketones is 1. The summed E-state index contributed by atoms with van der Waals surface area (Å²) in [7, 11) is 0. The van der Waals surface area contributed by atoms with Gasteiger partial charge in [0, 0.05) is 12.3 Å². The van der Waals surface area contributed by atoms with Crippen molar-refractivity contribution in [2.45, 2.75) is 53.4 Å². The molecule has 0 amide bonds. The Morgan fingerprint density at radius 2 is 1.88 bits per heavy atom. The lowest BCUT2D eigenvalue weighted by Crippen LogP contribution is -2.35. The van der Waals surface area contributed by atoms with Crippen LogP contribution >= 0.6 is 0 Å². The number of carbonyl (C=O) groups is 1. The van der Waals surface area contributed by atoms with Crippen LogP contribution in [0.15, 0.2) is 0 Å². The highest BCUT2D eigenvalue weighted by atomic mass is 16.1. The molecule has 1 spiro atoms. The topological polar surface area (TPSA) is 17.1 Å². The summed E-state index contributed by atoms with van der Waals surface area (Å²) in [5, 5.41) is 0. The molecule has 3 aliphatic carbocycles. The summed E-state index contributed by atoms with van der Waals surface area (Å²) >= 11 is 0. The Hall–Kier alpha value is -0.330. The van der Waals surface area contributed by atoms with Gasteiger partial charge < -0.3 is 0 Å². The van der Waals surface area contributed by atoms with Crippen LogP contribution in [0.25, 0.3) is 0 Å². The maximum Gasteiger partial charge on any atom is 0.136 e. The highest BCUT2D eigenvalue weighted by Crippen LogP contribution is 2.72. The molecule has 0 N–H and O–H groups in total. The molecule has 16 heavy (non-hydrogen) atoms. The average molecular weight is 220 g/mol. The second-order valence-corrected chi connectivity index (χ2v) is 7.39. The second kappa shape index (κ2) is 2.91. The van der Waals surface area contributed by atoms with Gasteiger partial charge >= 0.3 is 0 Å². The van der Waals surface area contributed by atoms with Crippen molar-refractivity contribution in [2.75, 3.05) is 0 Å². The van der Waals surface area contributed by atoms with E-state index < -0.39 is 0 Å². The Morgan fingerprint density at radius 3 is 2.56 bits per heavy atom. The number of hydrogen-bond acceptors (Lipinski definition) is 1. The van der Waals surface area contributed by atoms with Crippen LogP contribution in [0.1, 0.15) is 53.4 Å². The van der Waals surface area contributed by atoms with Crippen LogP contribution in [-0.4, -0.2) is 5.78 Å². The molecular formula is C15H24O. The lowest BCUT2D eigenvalue weighted by molar-refractivity contribution is -0.121. The maximum atomic E-state index is 12.2. The van der Waals surface area contributed by atoms with Gasteiger partial charge in [-0.1, -0.05) is 27.7 Å². The SMILES string of the molecule is C[C@@H]1C(=O)C[C@@]23[C@@H](CC[C@@H]2C)CC(C)(C)[C@H]13. The summed E-state index contributed by atoms with van der Waals surface area (Å²) in [4.78, 5) is 12.2. The number of Topliss-reactive ketones (excluding diaryl/α,β-unsaturated/α-hetero) is 1. The lowest BCUT2D eigenvalue weighted by Gasteiger charge is -2.39. The minimum atomic E-state index is 0.320. The molecular weight excluding hydrogens is 196 g/mol. The van der Waals surface area contributed by atoms with Crippen LogP contribution < -0.4 is 0 Å².